The summed E-state index contributed by atoms with van der Waals surface area (Å²) in [6.45, 7) is 3.69. The Labute approximate surface area is 116 Å². The lowest BCUT2D eigenvalue weighted by molar-refractivity contribution is -0.384. The molecule has 1 aliphatic rings. The first kappa shape index (κ1) is 14.0. The van der Waals surface area contributed by atoms with Gasteiger partial charge in [0.25, 0.3) is 5.69 Å². The monoisotopic (exact) mass is 273 g/mol. The maximum absolute atomic E-state index is 11.3. The van der Waals surface area contributed by atoms with E-state index in [0.717, 1.165) is 11.1 Å². The van der Waals surface area contributed by atoms with E-state index in [-0.39, 0.29) is 17.2 Å². The van der Waals surface area contributed by atoms with E-state index in [9.17, 15) is 20.0 Å². The summed E-state index contributed by atoms with van der Waals surface area (Å²) in [7, 11) is 0. The van der Waals surface area contributed by atoms with Crippen LogP contribution in [0.1, 0.15) is 25.8 Å². The van der Waals surface area contributed by atoms with Crippen molar-refractivity contribution in [1.82, 2.24) is 0 Å². The number of hydrogen-bond acceptors (Lipinski definition) is 3. The minimum Gasteiger partial charge on any atom is -0.478 e. The van der Waals surface area contributed by atoms with Gasteiger partial charge in [0.1, 0.15) is 0 Å². The van der Waals surface area contributed by atoms with Crippen LogP contribution in [0.25, 0.3) is 5.57 Å². The van der Waals surface area contributed by atoms with E-state index >= 15 is 0 Å². The maximum atomic E-state index is 11.3. The molecule has 1 N–H and O–H groups in total. The van der Waals surface area contributed by atoms with Gasteiger partial charge < -0.3 is 5.11 Å². The van der Waals surface area contributed by atoms with Gasteiger partial charge >= 0.3 is 5.97 Å². The number of nitro benzene ring substituents is 1. The van der Waals surface area contributed by atoms with Gasteiger partial charge in [0.05, 0.1) is 10.5 Å². The molecular weight excluding hydrogens is 258 g/mol. The van der Waals surface area contributed by atoms with Crippen LogP contribution in [0.5, 0.6) is 0 Å². The molecule has 0 saturated heterocycles. The molecule has 0 aromatic heterocycles. The summed E-state index contributed by atoms with van der Waals surface area (Å²) in [4.78, 5) is 21.6. The fourth-order valence-electron chi connectivity index (χ4n) is 2.48. The predicted molar refractivity (Wildman–Crippen MR) is 75.2 cm³/mol. The van der Waals surface area contributed by atoms with Gasteiger partial charge in [-0.05, 0) is 36.0 Å². The van der Waals surface area contributed by atoms with Gasteiger partial charge in [0.2, 0.25) is 0 Å². The number of nitro groups is 1. The topological polar surface area (TPSA) is 80.4 Å². The highest BCUT2D eigenvalue weighted by atomic mass is 16.6. The molecule has 20 heavy (non-hydrogen) atoms. The van der Waals surface area contributed by atoms with Gasteiger partial charge in [-0.1, -0.05) is 25.1 Å². The molecule has 1 aromatic carbocycles. The van der Waals surface area contributed by atoms with Gasteiger partial charge in [-0.2, -0.15) is 0 Å². The Morgan fingerprint density at radius 1 is 1.45 bits per heavy atom. The maximum Gasteiger partial charge on any atom is 0.335 e. The average molecular weight is 273 g/mol. The fourth-order valence-corrected chi connectivity index (χ4v) is 2.48. The summed E-state index contributed by atoms with van der Waals surface area (Å²) in [6.07, 6.45) is 2.42. The van der Waals surface area contributed by atoms with Crippen LogP contribution in [0.2, 0.25) is 0 Å². The van der Waals surface area contributed by atoms with Crippen LogP contribution in [-0.2, 0) is 4.79 Å². The lowest BCUT2D eigenvalue weighted by Gasteiger charge is -2.21. The molecule has 0 amide bonds. The van der Waals surface area contributed by atoms with Crippen molar-refractivity contribution in [2.45, 2.75) is 20.3 Å². The second kappa shape index (κ2) is 5.28. The number of allylic oxidation sites excluding steroid dienone is 2. The van der Waals surface area contributed by atoms with Crippen molar-refractivity contribution in [1.29, 1.82) is 0 Å². The number of non-ortho nitro benzene ring substituents is 1. The largest absolute Gasteiger partial charge is 0.478 e. The molecule has 1 aromatic rings. The van der Waals surface area contributed by atoms with Crippen molar-refractivity contribution in [2.75, 3.05) is 0 Å². The number of carbonyl (C=O) groups is 1. The van der Waals surface area contributed by atoms with Gasteiger partial charge in [0, 0.05) is 12.1 Å². The SMILES string of the molecule is CC1=C(c2cccc([N+](=O)[O-])c2)CC(C)C=C1C(=O)O. The number of rotatable bonds is 3. The standard InChI is InChI=1S/C15H15NO4/c1-9-6-13(10(2)14(7-9)15(17)18)11-4-3-5-12(8-11)16(19)20/h3-5,7-9H,6H2,1-2H3,(H,17,18). The Kier molecular flexibility index (Phi) is 3.70. The lowest BCUT2D eigenvalue weighted by atomic mass is 9.83. The van der Waals surface area contributed by atoms with Gasteiger partial charge in [0.15, 0.2) is 0 Å². The number of carboxylic acids is 1. The zero-order valence-corrected chi connectivity index (χ0v) is 11.3. The molecule has 0 spiro atoms. The summed E-state index contributed by atoms with van der Waals surface area (Å²) >= 11 is 0. The molecule has 1 unspecified atom stereocenters. The first-order chi connectivity index (χ1) is 9.40. The van der Waals surface area contributed by atoms with Crippen molar-refractivity contribution >= 4 is 17.2 Å². The number of hydrogen-bond donors (Lipinski definition) is 1. The van der Waals surface area contributed by atoms with Gasteiger partial charge in [-0.15, -0.1) is 0 Å². The Bertz CT molecular complexity index is 643. The van der Waals surface area contributed by atoms with E-state index in [4.69, 9.17) is 0 Å². The zero-order valence-electron chi connectivity index (χ0n) is 11.3. The number of benzene rings is 1. The third kappa shape index (κ3) is 2.61. The highest BCUT2D eigenvalue weighted by Crippen LogP contribution is 2.36. The van der Waals surface area contributed by atoms with Crippen LogP contribution in [0, 0.1) is 16.0 Å². The normalized spacial score (nSPS) is 18.7. The van der Waals surface area contributed by atoms with E-state index in [1.165, 1.54) is 12.1 Å². The summed E-state index contributed by atoms with van der Waals surface area (Å²) in [5.74, 6) is -0.865. The highest BCUT2D eigenvalue weighted by Gasteiger charge is 2.23. The van der Waals surface area contributed by atoms with Crippen molar-refractivity contribution in [3.05, 3.63) is 57.2 Å². The molecule has 1 atom stereocenters. The van der Waals surface area contributed by atoms with Crippen molar-refractivity contribution < 1.29 is 14.8 Å². The third-order valence-corrected chi connectivity index (χ3v) is 3.47. The second-order valence-corrected chi connectivity index (χ2v) is 4.98. The third-order valence-electron chi connectivity index (χ3n) is 3.47. The van der Waals surface area contributed by atoms with Crippen LogP contribution >= 0.6 is 0 Å². The quantitative estimate of drug-likeness (QED) is 0.675. The molecule has 5 heteroatoms. The summed E-state index contributed by atoms with van der Waals surface area (Å²) < 4.78 is 0. The minimum atomic E-state index is -0.961. The molecule has 0 radical (unpaired) electrons. The van der Waals surface area contributed by atoms with Crippen molar-refractivity contribution in [3.8, 4) is 0 Å². The second-order valence-electron chi connectivity index (χ2n) is 4.98. The van der Waals surface area contributed by atoms with Crippen LogP contribution in [0.3, 0.4) is 0 Å². The fraction of sp³-hybridized carbons (Fsp3) is 0.267. The van der Waals surface area contributed by atoms with Crippen molar-refractivity contribution in [2.24, 2.45) is 5.92 Å². The summed E-state index contributed by atoms with van der Waals surface area (Å²) in [5.41, 5.74) is 2.56. The first-order valence-electron chi connectivity index (χ1n) is 6.30. The smallest absolute Gasteiger partial charge is 0.335 e. The minimum absolute atomic E-state index is 0.0156. The van der Waals surface area contributed by atoms with E-state index < -0.39 is 10.9 Å². The van der Waals surface area contributed by atoms with Crippen LogP contribution in [0.15, 0.2) is 41.5 Å². The van der Waals surface area contributed by atoms with E-state index in [1.807, 2.05) is 6.92 Å². The molecule has 0 fully saturated rings. The predicted octanol–water partition coefficient (Wildman–Crippen LogP) is 3.42. The molecular formula is C15H15NO4. The van der Waals surface area contributed by atoms with Crippen LogP contribution < -0.4 is 0 Å². The number of nitrogens with zero attached hydrogens (tertiary/aromatic N) is 1. The average Bonchev–Trinajstić information content (AvgIpc) is 2.40. The summed E-state index contributed by atoms with van der Waals surface area (Å²) in [6, 6.07) is 6.33. The van der Waals surface area contributed by atoms with E-state index in [0.29, 0.717) is 12.0 Å². The summed E-state index contributed by atoms with van der Waals surface area (Å²) in [5, 5.41) is 20.1. The highest BCUT2D eigenvalue weighted by molar-refractivity contribution is 5.96. The number of aliphatic carboxylic acids is 1. The van der Waals surface area contributed by atoms with Gasteiger partial charge in [-0.25, -0.2) is 4.79 Å². The Hall–Kier alpha value is -2.43. The first-order valence-corrected chi connectivity index (χ1v) is 6.30. The Morgan fingerprint density at radius 3 is 2.75 bits per heavy atom. The van der Waals surface area contributed by atoms with Crippen LogP contribution in [-0.4, -0.2) is 16.0 Å². The number of carboxylic acid groups (broad SMARTS) is 1. The van der Waals surface area contributed by atoms with E-state index in [1.54, 1.807) is 25.1 Å². The molecule has 104 valence electrons. The molecule has 1 aliphatic carbocycles. The van der Waals surface area contributed by atoms with E-state index in [2.05, 4.69) is 0 Å². The molecule has 0 heterocycles. The molecule has 0 saturated carbocycles. The lowest BCUT2D eigenvalue weighted by Crippen LogP contribution is -2.12. The van der Waals surface area contributed by atoms with Gasteiger partial charge in [-0.3, -0.25) is 10.1 Å². The van der Waals surface area contributed by atoms with Crippen molar-refractivity contribution in [3.63, 3.8) is 0 Å². The zero-order chi connectivity index (χ0) is 14.9. The molecule has 5 nitrogen and oxygen atoms in total. The molecule has 0 bridgehead atoms. The van der Waals surface area contributed by atoms with Crippen LogP contribution in [0.4, 0.5) is 5.69 Å². The Morgan fingerprint density at radius 2 is 2.15 bits per heavy atom. The molecule has 0 aliphatic heterocycles. The Balaban J connectivity index is 2.53. The molecule has 2 rings (SSSR count).